The maximum atomic E-state index is 8.64. The number of rotatable bonds is 4. The molecule has 0 fully saturated rings. The summed E-state index contributed by atoms with van der Waals surface area (Å²) in [7, 11) is 0. The second-order valence-electron chi connectivity index (χ2n) is 3.90. The summed E-state index contributed by atoms with van der Waals surface area (Å²) in [6, 6.07) is 10.5. The highest BCUT2D eigenvalue weighted by atomic mass is 15.1. The van der Waals surface area contributed by atoms with E-state index in [1.54, 1.807) is 0 Å². The Kier molecular flexibility index (Phi) is 3.21. The molecule has 0 N–H and O–H groups in total. The maximum absolute atomic E-state index is 8.64. The minimum absolute atomic E-state index is 0.560. The highest BCUT2D eigenvalue weighted by Crippen LogP contribution is 2.11. The monoisotopic (exact) mass is 214 g/mol. The summed E-state index contributed by atoms with van der Waals surface area (Å²) in [4.78, 5) is 0. The Morgan fingerprint density at radius 3 is 2.94 bits per heavy atom. The van der Waals surface area contributed by atoms with Crippen LogP contribution < -0.4 is 4.57 Å². The van der Waals surface area contributed by atoms with Gasteiger partial charge < -0.3 is 0 Å². The normalized spacial score (nSPS) is 10.5. The Hall–Kier alpha value is -1.82. The Labute approximate surface area is 95.5 Å². The molecule has 0 aliphatic heterocycles. The van der Waals surface area contributed by atoms with Gasteiger partial charge in [0.2, 0.25) is 6.33 Å². The van der Waals surface area contributed by atoms with Gasteiger partial charge in [0.15, 0.2) is 11.0 Å². The fraction of sp³-hybridized carbons (Fsp3) is 0.385. The first kappa shape index (κ1) is 10.7. The van der Waals surface area contributed by atoms with Gasteiger partial charge in [-0.1, -0.05) is 19.1 Å². The molecule has 3 heteroatoms. The third kappa shape index (κ3) is 1.92. The zero-order valence-electron chi connectivity index (χ0n) is 9.56. The lowest BCUT2D eigenvalue weighted by atomic mass is 10.3. The summed E-state index contributed by atoms with van der Waals surface area (Å²) in [6.07, 6.45) is 3.80. The van der Waals surface area contributed by atoms with Gasteiger partial charge in [-0.3, -0.25) is 0 Å². The van der Waals surface area contributed by atoms with Crippen LogP contribution in [0.15, 0.2) is 30.6 Å². The molecule has 0 amide bonds. The fourth-order valence-electron chi connectivity index (χ4n) is 2.01. The predicted octanol–water partition coefficient (Wildman–Crippen LogP) is 2.25. The topological polar surface area (TPSA) is 32.6 Å². The van der Waals surface area contributed by atoms with Crippen LogP contribution >= 0.6 is 0 Å². The van der Waals surface area contributed by atoms with Crippen molar-refractivity contribution < 1.29 is 4.57 Å². The minimum Gasteiger partial charge on any atom is -0.230 e. The molecule has 2 aromatic rings. The molecular weight excluding hydrogens is 198 g/mol. The second-order valence-corrected chi connectivity index (χ2v) is 3.90. The van der Waals surface area contributed by atoms with Gasteiger partial charge in [0.25, 0.3) is 0 Å². The third-order valence-corrected chi connectivity index (χ3v) is 2.71. The number of hydrogen-bond acceptors (Lipinski definition) is 1. The summed E-state index contributed by atoms with van der Waals surface area (Å²) in [5.74, 6) is 0. The molecule has 16 heavy (non-hydrogen) atoms. The van der Waals surface area contributed by atoms with Crippen LogP contribution in [0.25, 0.3) is 11.0 Å². The summed E-state index contributed by atoms with van der Waals surface area (Å²) >= 11 is 0. The molecule has 0 aliphatic carbocycles. The number of nitriles is 1. The molecule has 82 valence electrons. The van der Waals surface area contributed by atoms with E-state index in [1.807, 2.05) is 6.07 Å². The van der Waals surface area contributed by atoms with Crippen LogP contribution in [0.1, 0.15) is 19.8 Å². The fourth-order valence-corrected chi connectivity index (χ4v) is 2.01. The van der Waals surface area contributed by atoms with Crippen molar-refractivity contribution in [2.45, 2.75) is 32.9 Å². The van der Waals surface area contributed by atoms with E-state index in [0.29, 0.717) is 6.42 Å². The van der Waals surface area contributed by atoms with Crippen molar-refractivity contribution in [2.24, 2.45) is 0 Å². The molecule has 0 bridgehead atoms. The molecule has 0 unspecified atom stereocenters. The molecule has 1 heterocycles. The van der Waals surface area contributed by atoms with E-state index < -0.39 is 0 Å². The molecule has 0 radical (unpaired) electrons. The number of nitrogens with zero attached hydrogens (tertiary/aromatic N) is 3. The van der Waals surface area contributed by atoms with Gasteiger partial charge in [0, 0.05) is 0 Å². The molecule has 2 rings (SSSR count). The molecule has 0 spiro atoms. The molecule has 1 aromatic heterocycles. The molecule has 0 atom stereocenters. The average Bonchev–Trinajstić information content (AvgIpc) is 2.66. The van der Waals surface area contributed by atoms with E-state index in [1.165, 1.54) is 11.0 Å². The van der Waals surface area contributed by atoms with E-state index in [-0.39, 0.29) is 0 Å². The van der Waals surface area contributed by atoms with Gasteiger partial charge in [-0.2, -0.15) is 5.26 Å². The van der Waals surface area contributed by atoms with Crippen LogP contribution in [0.5, 0.6) is 0 Å². The Morgan fingerprint density at radius 2 is 2.19 bits per heavy atom. The van der Waals surface area contributed by atoms with Crippen molar-refractivity contribution in [3.8, 4) is 6.07 Å². The van der Waals surface area contributed by atoms with E-state index in [0.717, 1.165) is 19.5 Å². The smallest absolute Gasteiger partial charge is 0.230 e. The lowest BCUT2D eigenvalue weighted by molar-refractivity contribution is -0.672. The van der Waals surface area contributed by atoms with Crippen LogP contribution in [-0.2, 0) is 13.1 Å². The standard InChI is InChI=1S/C13H16N3/c1-2-9-15-11-16(10-5-8-14)13-7-4-3-6-12(13)15/h3-4,6-7,11H,2,5,9-10H2,1H3/q+1. The largest absolute Gasteiger partial charge is 0.244 e. The average molecular weight is 214 g/mol. The number of benzene rings is 1. The molecule has 3 nitrogen and oxygen atoms in total. The first-order valence-electron chi connectivity index (χ1n) is 5.71. The van der Waals surface area contributed by atoms with Crippen LogP contribution in [0.3, 0.4) is 0 Å². The van der Waals surface area contributed by atoms with Gasteiger partial charge in [0.05, 0.1) is 19.0 Å². The highest BCUT2D eigenvalue weighted by Gasteiger charge is 2.13. The zero-order chi connectivity index (χ0) is 11.4. The van der Waals surface area contributed by atoms with Gasteiger partial charge in [-0.15, -0.1) is 0 Å². The zero-order valence-corrected chi connectivity index (χ0v) is 9.56. The van der Waals surface area contributed by atoms with Crippen LogP contribution in [0.2, 0.25) is 0 Å². The van der Waals surface area contributed by atoms with Crippen molar-refractivity contribution in [1.29, 1.82) is 5.26 Å². The Balaban J connectivity index is 2.45. The lowest BCUT2D eigenvalue weighted by Gasteiger charge is -1.91. The third-order valence-electron chi connectivity index (χ3n) is 2.71. The van der Waals surface area contributed by atoms with Crippen molar-refractivity contribution in [2.75, 3.05) is 0 Å². The number of fused-ring (bicyclic) bond motifs is 1. The number of aryl methyl sites for hydroxylation is 2. The van der Waals surface area contributed by atoms with Crippen molar-refractivity contribution in [1.82, 2.24) is 4.57 Å². The second kappa shape index (κ2) is 4.80. The SMILES string of the molecule is CCC[n+]1cn(CCC#N)c2ccccc21. The quantitative estimate of drug-likeness (QED) is 0.718. The summed E-state index contributed by atoms with van der Waals surface area (Å²) in [5, 5.41) is 8.64. The van der Waals surface area contributed by atoms with Crippen molar-refractivity contribution in [3.63, 3.8) is 0 Å². The first-order valence-corrected chi connectivity index (χ1v) is 5.71. The molecule has 0 aliphatic rings. The molecule has 1 aromatic carbocycles. The Bertz CT molecular complexity index is 519. The van der Waals surface area contributed by atoms with Crippen LogP contribution in [0.4, 0.5) is 0 Å². The summed E-state index contributed by atoms with van der Waals surface area (Å²) in [5.41, 5.74) is 2.47. The van der Waals surface area contributed by atoms with Gasteiger partial charge in [-0.25, -0.2) is 9.13 Å². The maximum Gasteiger partial charge on any atom is 0.244 e. The predicted molar refractivity (Wildman–Crippen MR) is 62.7 cm³/mol. The van der Waals surface area contributed by atoms with E-state index in [4.69, 9.17) is 5.26 Å². The van der Waals surface area contributed by atoms with Crippen molar-refractivity contribution in [3.05, 3.63) is 30.6 Å². The van der Waals surface area contributed by atoms with E-state index >= 15 is 0 Å². The minimum atomic E-state index is 0.560. The number of para-hydroxylation sites is 2. The number of imidazole rings is 1. The number of aromatic nitrogens is 2. The Morgan fingerprint density at radius 1 is 1.38 bits per heavy atom. The number of hydrogen-bond donors (Lipinski definition) is 0. The van der Waals surface area contributed by atoms with E-state index in [9.17, 15) is 0 Å². The highest BCUT2D eigenvalue weighted by molar-refractivity contribution is 5.71. The van der Waals surface area contributed by atoms with Crippen LogP contribution in [-0.4, -0.2) is 4.57 Å². The van der Waals surface area contributed by atoms with E-state index in [2.05, 4.69) is 46.7 Å². The first-order chi connectivity index (χ1) is 7.86. The molecule has 0 saturated carbocycles. The van der Waals surface area contributed by atoms with Crippen LogP contribution in [0, 0.1) is 11.3 Å². The molecule has 0 saturated heterocycles. The van der Waals surface area contributed by atoms with Gasteiger partial charge in [-0.05, 0) is 18.6 Å². The lowest BCUT2D eigenvalue weighted by Crippen LogP contribution is -2.31. The molecular formula is C13H16N3+. The van der Waals surface area contributed by atoms with Gasteiger partial charge >= 0.3 is 0 Å². The summed E-state index contributed by atoms with van der Waals surface area (Å²) < 4.78 is 4.42. The summed E-state index contributed by atoms with van der Waals surface area (Å²) in [6.45, 7) is 3.97. The van der Waals surface area contributed by atoms with Gasteiger partial charge in [0.1, 0.15) is 6.54 Å². The van der Waals surface area contributed by atoms with Crippen molar-refractivity contribution >= 4 is 11.0 Å².